The van der Waals surface area contributed by atoms with Gasteiger partial charge in [0.05, 0.1) is 23.4 Å². The van der Waals surface area contributed by atoms with Gasteiger partial charge in [-0.2, -0.15) is 5.10 Å². The lowest BCUT2D eigenvalue weighted by Crippen LogP contribution is -2.39. The third-order valence-corrected chi connectivity index (χ3v) is 8.13. The van der Waals surface area contributed by atoms with Crippen LogP contribution in [-0.4, -0.2) is 33.7 Å². The summed E-state index contributed by atoms with van der Waals surface area (Å²) in [4.78, 5) is 13.0. The number of nitrogens with one attached hydrogen (secondary N) is 1. The van der Waals surface area contributed by atoms with E-state index in [4.69, 9.17) is 4.74 Å². The fourth-order valence-electron chi connectivity index (χ4n) is 4.68. The molecule has 0 saturated carbocycles. The van der Waals surface area contributed by atoms with Crippen molar-refractivity contribution < 1.29 is 17.9 Å². The standard InChI is InChI=1S/C29H27N3O4S/c1-2-36-27-14-7-6-13-26(27)32(37(34,35)24-10-4-3-5-11-24)20-28(33)31-30-19-23-18-17-22-16-15-21-9-8-12-25(23)29(21)22/h3-14,17-19H,2,15-16,20H2,1H3,(H,31,33)/b30-19+. The van der Waals surface area contributed by atoms with Crippen molar-refractivity contribution in [2.75, 3.05) is 17.5 Å². The number of sulfonamides is 1. The Labute approximate surface area is 216 Å². The molecule has 0 heterocycles. The van der Waals surface area contributed by atoms with E-state index in [-0.39, 0.29) is 10.6 Å². The molecule has 7 nitrogen and oxygen atoms in total. The van der Waals surface area contributed by atoms with Crippen LogP contribution in [0.5, 0.6) is 5.75 Å². The summed E-state index contributed by atoms with van der Waals surface area (Å²) >= 11 is 0. The lowest BCUT2D eigenvalue weighted by molar-refractivity contribution is -0.119. The molecule has 5 rings (SSSR count). The smallest absolute Gasteiger partial charge is 0.264 e. The lowest BCUT2D eigenvalue weighted by atomic mass is 10.0. The van der Waals surface area contributed by atoms with Crippen LogP contribution in [0.25, 0.3) is 10.8 Å². The van der Waals surface area contributed by atoms with Crippen molar-refractivity contribution in [1.29, 1.82) is 0 Å². The molecule has 0 radical (unpaired) electrons. The average Bonchev–Trinajstić information content (AvgIpc) is 3.34. The van der Waals surface area contributed by atoms with Crippen LogP contribution in [0.3, 0.4) is 0 Å². The van der Waals surface area contributed by atoms with Gasteiger partial charge in [0.15, 0.2) is 0 Å². The topological polar surface area (TPSA) is 88.1 Å². The van der Waals surface area contributed by atoms with E-state index in [1.807, 2.05) is 19.1 Å². The van der Waals surface area contributed by atoms with Gasteiger partial charge in [0, 0.05) is 5.56 Å². The molecule has 0 fully saturated rings. The van der Waals surface area contributed by atoms with Crippen molar-refractivity contribution in [3.8, 4) is 5.75 Å². The number of hydrazone groups is 1. The number of amides is 1. The summed E-state index contributed by atoms with van der Waals surface area (Å²) < 4.78 is 33.9. The van der Waals surface area contributed by atoms with E-state index in [9.17, 15) is 13.2 Å². The van der Waals surface area contributed by atoms with Gasteiger partial charge in [-0.15, -0.1) is 0 Å². The molecule has 0 unspecified atom stereocenters. The molecule has 0 aromatic heterocycles. The fraction of sp³-hybridized carbons (Fsp3) is 0.172. The minimum atomic E-state index is -4.06. The molecule has 1 amide bonds. The summed E-state index contributed by atoms with van der Waals surface area (Å²) in [5, 5.41) is 6.50. The normalized spacial score (nSPS) is 12.7. The van der Waals surface area contributed by atoms with Gasteiger partial charge in [-0.1, -0.05) is 60.7 Å². The lowest BCUT2D eigenvalue weighted by Gasteiger charge is -2.25. The van der Waals surface area contributed by atoms with Crippen LogP contribution >= 0.6 is 0 Å². The number of para-hydroxylation sites is 2. The van der Waals surface area contributed by atoms with E-state index >= 15 is 0 Å². The largest absolute Gasteiger partial charge is 0.492 e. The van der Waals surface area contributed by atoms with Crippen LogP contribution in [0.2, 0.25) is 0 Å². The predicted octanol–water partition coefficient (Wildman–Crippen LogP) is 4.68. The molecule has 1 N–H and O–H groups in total. The summed E-state index contributed by atoms with van der Waals surface area (Å²) in [7, 11) is -4.06. The number of rotatable bonds is 9. The average molecular weight is 514 g/mol. The van der Waals surface area contributed by atoms with Crippen LogP contribution in [0, 0.1) is 0 Å². The second kappa shape index (κ2) is 10.4. The molecule has 0 saturated heterocycles. The molecule has 0 bridgehead atoms. The first kappa shape index (κ1) is 24.5. The number of nitrogens with zero attached hydrogens (tertiary/aromatic N) is 2. The number of carbonyl (C=O) groups is 1. The molecule has 4 aromatic carbocycles. The van der Waals surface area contributed by atoms with E-state index in [0.29, 0.717) is 12.4 Å². The molecule has 188 valence electrons. The van der Waals surface area contributed by atoms with Crippen LogP contribution < -0.4 is 14.5 Å². The molecule has 1 aliphatic rings. The van der Waals surface area contributed by atoms with Crippen molar-refractivity contribution >= 4 is 38.6 Å². The Kier molecular flexibility index (Phi) is 6.92. The van der Waals surface area contributed by atoms with E-state index in [1.165, 1.54) is 28.6 Å². The molecule has 4 aromatic rings. The monoisotopic (exact) mass is 513 g/mol. The molecule has 0 spiro atoms. The van der Waals surface area contributed by atoms with Crippen molar-refractivity contribution in [3.63, 3.8) is 0 Å². The third-order valence-electron chi connectivity index (χ3n) is 6.36. The van der Waals surface area contributed by atoms with Crippen molar-refractivity contribution in [1.82, 2.24) is 5.43 Å². The quantitative estimate of drug-likeness (QED) is 0.260. The molecule has 1 aliphatic carbocycles. The first-order valence-corrected chi connectivity index (χ1v) is 13.6. The second-order valence-corrected chi connectivity index (χ2v) is 10.5. The van der Waals surface area contributed by atoms with Gasteiger partial charge in [0.2, 0.25) is 0 Å². The van der Waals surface area contributed by atoms with E-state index in [0.717, 1.165) is 28.1 Å². The zero-order valence-corrected chi connectivity index (χ0v) is 21.2. The van der Waals surface area contributed by atoms with Crippen LogP contribution in [0.4, 0.5) is 5.69 Å². The number of aryl methyl sites for hydroxylation is 2. The molecule has 37 heavy (non-hydrogen) atoms. The van der Waals surface area contributed by atoms with E-state index < -0.39 is 22.5 Å². The Bertz CT molecular complexity index is 1570. The number of carbonyl (C=O) groups excluding carboxylic acids is 1. The minimum absolute atomic E-state index is 0.0745. The van der Waals surface area contributed by atoms with Crippen LogP contribution in [0.15, 0.2) is 94.9 Å². The molecular weight excluding hydrogens is 486 g/mol. The molecule has 8 heteroatoms. The van der Waals surface area contributed by atoms with Gasteiger partial charge in [-0.05, 0) is 65.9 Å². The summed E-state index contributed by atoms with van der Waals surface area (Å²) in [6.45, 7) is 1.69. The number of hydrogen-bond donors (Lipinski definition) is 1. The van der Waals surface area contributed by atoms with Crippen molar-refractivity contribution in [2.45, 2.75) is 24.7 Å². The summed E-state index contributed by atoms with van der Waals surface area (Å²) in [6.07, 6.45) is 3.65. The van der Waals surface area contributed by atoms with Gasteiger partial charge in [-0.25, -0.2) is 13.8 Å². The molecule has 0 atom stereocenters. The van der Waals surface area contributed by atoms with Gasteiger partial charge >= 0.3 is 0 Å². The number of ether oxygens (including phenoxy) is 1. The first-order valence-electron chi connectivity index (χ1n) is 12.1. The van der Waals surface area contributed by atoms with Crippen molar-refractivity contribution in [3.05, 3.63) is 102 Å². The van der Waals surface area contributed by atoms with Crippen LogP contribution in [0.1, 0.15) is 23.6 Å². The highest BCUT2D eigenvalue weighted by Gasteiger charge is 2.29. The third kappa shape index (κ3) is 4.93. The Morgan fingerprint density at radius 2 is 1.68 bits per heavy atom. The maximum Gasteiger partial charge on any atom is 0.264 e. The van der Waals surface area contributed by atoms with Gasteiger partial charge in [0.25, 0.3) is 15.9 Å². The Hall–Kier alpha value is -4.17. The highest BCUT2D eigenvalue weighted by molar-refractivity contribution is 7.92. The summed E-state index contributed by atoms with van der Waals surface area (Å²) in [5.74, 6) is -0.207. The number of anilines is 1. The van der Waals surface area contributed by atoms with Crippen molar-refractivity contribution in [2.24, 2.45) is 5.10 Å². The van der Waals surface area contributed by atoms with E-state index in [1.54, 1.807) is 48.7 Å². The number of hydrogen-bond acceptors (Lipinski definition) is 5. The summed E-state index contributed by atoms with van der Waals surface area (Å²) in [6, 6.07) is 25.1. The highest BCUT2D eigenvalue weighted by Crippen LogP contribution is 2.33. The molecule has 0 aliphatic heterocycles. The van der Waals surface area contributed by atoms with Gasteiger partial charge < -0.3 is 4.74 Å². The Morgan fingerprint density at radius 3 is 2.46 bits per heavy atom. The SMILES string of the molecule is CCOc1ccccc1N(CC(=O)N/N=C/c1ccc2c3c(cccc13)CC2)S(=O)(=O)c1ccccc1. The second-order valence-electron chi connectivity index (χ2n) is 8.67. The minimum Gasteiger partial charge on any atom is -0.492 e. The maximum atomic E-state index is 13.6. The molecular formula is C29H27N3O4S. The highest BCUT2D eigenvalue weighted by atomic mass is 32.2. The van der Waals surface area contributed by atoms with E-state index in [2.05, 4.69) is 28.7 Å². The summed E-state index contributed by atoms with van der Waals surface area (Å²) in [5.41, 5.74) is 6.31. The number of benzene rings is 4. The first-order chi connectivity index (χ1) is 18.0. The van der Waals surface area contributed by atoms with Gasteiger partial charge in [0.1, 0.15) is 12.3 Å². The van der Waals surface area contributed by atoms with Crippen LogP contribution in [-0.2, 0) is 27.7 Å². The Morgan fingerprint density at radius 1 is 0.946 bits per heavy atom. The fourth-order valence-corrected chi connectivity index (χ4v) is 6.13. The van der Waals surface area contributed by atoms with Gasteiger partial charge in [-0.3, -0.25) is 9.10 Å². The maximum absolute atomic E-state index is 13.6. The predicted molar refractivity (Wildman–Crippen MR) is 146 cm³/mol. The Balaban J connectivity index is 1.41. The zero-order chi connectivity index (χ0) is 25.8. The zero-order valence-electron chi connectivity index (χ0n) is 20.4.